The van der Waals surface area contributed by atoms with Gasteiger partial charge >= 0.3 is 0 Å². The molecule has 2 N–H and O–H groups in total. The molecule has 0 saturated carbocycles. The molecule has 0 aliphatic rings. The number of nitrogens with zero attached hydrogens (tertiary/aromatic N) is 1. The third-order valence-electron chi connectivity index (χ3n) is 3.42. The summed E-state index contributed by atoms with van der Waals surface area (Å²) in [6, 6.07) is 3.97. The van der Waals surface area contributed by atoms with Crippen molar-refractivity contribution in [3.63, 3.8) is 0 Å². The number of nitrogens with one attached hydrogen (secondary N) is 1. The van der Waals surface area contributed by atoms with E-state index in [2.05, 4.69) is 4.72 Å². The first-order valence-corrected chi connectivity index (χ1v) is 8.16. The summed E-state index contributed by atoms with van der Waals surface area (Å²) in [5.74, 6) is 0.0313. The van der Waals surface area contributed by atoms with E-state index in [9.17, 15) is 18.5 Å². The van der Waals surface area contributed by atoms with Gasteiger partial charge in [0.2, 0.25) is 10.0 Å². The predicted octanol–water partition coefficient (Wildman–Crippen LogP) is 1.59. The molecule has 0 aliphatic heterocycles. The zero-order valence-corrected chi connectivity index (χ0v) is 12.9. The minimum atomic E-state index is -3.81. The highest BCUT2D eigenvalue weighted by atomic mass is 32.2. The van der Waals surface area contributed by atoms with Gasteiger partial charge in [0.15, 0.2) is 0 Å². The highest BCUT2D eigenvalue weighted by molar-refractivity contribution is 7.89. The third kappa shape index (κ3) is 4.48. The van der Waals surface area contributed by atoms with E-state index in [4.69, 9.17) is 5.11 Å². The van der Waals surface area contributed by atoms with Crippen LogP contribution in [0, 0.1) is 23.0 Å². The van der Waals surface area contributed by atoms with Crippen LogP contribution in [0.3, 0.4) is 0 Å². The fourth-order valence-corrected chi connectivity index (χ4v) is 3.41. The summed E-state index contributed by atoms with van der Waals surface area (Å²) in [6.45, 7) is 3.52. The van der Waals surface area contributed by atoms with E-state index in [1.54, 1.807) is 0 Å². The predicted molar refractivity (Wildman–Crippen MR) is 78.5 cm³/mol. The third-order valence-corrected chi connectivity index (χ3v) is 4.99. The molecule has 0 heterocycles. The monoisotopic (exact) mass is 316 g/mol. The molecule has 0 amide bonds. The van der Waals surface area contributed by atoms with Crippen LogP contribution in [0.25, 0.3) is 0 Å². The van der Waals surface area contributed by atoms with Gasteiger partial charge in [0.25, 0.3) is 5.69 Å². The second-order valence-corrected chi connectivity index (χ2v) is 6.53. The van der Waals surface area contributed by atoms with Crippen LogP contribution in [0.15, 0.2) is 23.1 Å². The van der Waals surface area contributed by atoms with Crippen LogP contribution >= 0.6 is 0 Å². The van der Waals surface area contributed by atoms with Gasteiger partial charge in [-0.3, -0.25) is 10.1 Å². The minimum absolute atomic E-state index is 0.00390. The van der Waals surface area contributed by atoms with E-state index in [-0.39, 0.29) is 35.2 Å². The Hall–Kier alpha value is -1.51. The van der Waals surface area contributed by atoms with Crippen molar-refractivity contribution >= 4 is 15.7 Å². The Morgan fingerprint density at radius 3 is 2.62 bits per heavy atom. The molecule has 1 aromatic rings. The quantitative estimate of drug-likeness (QED) is 0.559. The van der Waals surface area contributed by atoms with Crippen molar-refractivity contribution in [3.8, 4) is 0 Å². The maximum absolute atomic E-state index is 12.3. The molecule has 7 nitrogen and oxygen atoms in total. The van der Waals surface area contributed by atoms with Gasteiger partial charge in [-0.05, 0) is 25.3 Å². The molecule has 0 aliphatic carbocycles. The summed E-state index contributed by atoms with van der Waals surface area (Å²) >= 11 is 0. The first-order valence-electron chi connectivity index (χ1n) is 6.68. The summed E-state index contributed by atoms with van der Waals surface area (Å²) in [5, 5.41) is 19.8. The molecule has 118 valence electrons. The summed E-state index contributed by atoms with van der Waals surface area (Å²) < 4.78 is 27.0. The van der Waals surface area contributed by atoms with Gasteiger partial charge < -0.3 is 5.11 Å². The van der Waals surface area contributed by atoms with E-state index in [1.807, 2.05) is 6.92 Å². The molecule has 0 saturated heterocycles. The summed E-state index contributed by atoms with van der Waals surface area (Å²) in [7, 11) is -3.81. The molecule has 1 aromatic carbocycles. The summed E-state index contributed by atoms with van der Waals surface area (Å²) in [6.07, 6.45) is 1.24. The van der Waals surface area contributed by atoms with Crippen LogP contribution in [0.2, 0.25) is 0 Å². The molecule has 0 radical (unpaired) electrons. The van der Waals surface area contributed by atoms with Gasteiger partial charge in [0.05, 0.1) is 9.82 Å². The molecule has 21 heavy (non-hydrogen) atoms. The van der Waals surface area contributed by atoms with Gasteiger partial charge in [0.1, 0.15) is 0 Å². The lowest BCUT2D eigenvalue weighted by Crippen LogP contribution is -2.30. The molecule has 0 aromatic heterocycles. The number of hydrogen-bond acceptors (Lipinski definition) is 5. The average Bonchev–Trinajstić information content (AvgIpc) is 2.43. The molecule has 1 unspecified atom stereocenters. The first kappa shape index (κ1) is 17.5. The van der Waals surface area contributed by atoms with Crippen LogP contribution < -0.4 is 4.72 Å². The van der Waals surface area contributed by atoms with Crippen molar-refractivity contribution in [3.05, 3.63) is 33.9 Å². The number of benzene rings is 1. The highest BCUT2D eigenvalue weighted by Gasteiger charge is 2.23. The molecular weight excluding hydrogens is 296 g/mol. The Balaban J connectivity index is 2.98. The summed E-state index contributed by atoms with van der Waals surface area (Å²) in [5.41, 5.74) is -0.106. The Morgan fingerprint density at radius 1 is 1.43 bits per heavy atom. The topological polar surface area (TPSA) is 110 Å². The number of aliphatic hydroxyl groups excluding tert-OH is 1. The van der Waals surface area contributed by atoms with E-state index >= 15 is 0 Å². The Labute approximate surface area is 124 Å². The molecule has 8 heteroatoms. The normalized spacial score (nSPS) is 13.1. The van der Waals surface area contributed by atoms with Gasteiger partial charge in [-0.25, -0.2) is 13.1 Å². The fraction of sp³-hybridized carbons (Fsp3) is 0.538. The number of aliphatic hydroxyl groups is 1. The minimum Gasteiger partial charge on any atom is -0.396 e. The average molecular weight is 316 g/mol. The Morgan fingerprint density at radius 2 is 2.10 bits per heavy atom. The van der Waals surface area contributed by atoms with Crippen molar-refractivity contribution in [2.75, 3.05) is 13.2 Å². The lowest BCUT2D eigenvalue weighted by atomic mass is 10.0. The molecule has 0 fully saturated rings. The number of nitro benzene ring substituents is 1. The zero-order valence-electron chi connectivity index (χ0n) is 12.1. The van der Waals surface area contributed by atoms with Gasteiger partial charge in [0, 0.05) is 24.8 Å². The highest BCUT2D eigenvalue weighted by Crippen LogP contribution is 2.24. The van der Waals surface area contributed by atoms with Crippen molar-refractivity contribution < 1.29 is 18.4 Å². The zero-order chi connectivity index (χ0) is 16.0. The van der Waals surface area contributed by atoms with Crippen LogP contribution in [0.5, 0.6) is 0 Å². The maximum Gasteiger partial charge on any atom is 0.273 e. The second-order valence-electron chi connectivity index (χ2n) is 4.80. The first-order chi connectivity index (χ1) is 9.83. The summed E-state index contributed by atoms with van der Waals surface area (Å²) in [4.78, 5) is 10.2. The van der Waals surface area contributed by atoms with E-state index in [1.165, 1.54) is 25.1 Å². The Kier molecular flexibility index (Phi) is 6.25. The SMILES string of the molecule is CCC(CCO)CNS(=O)(=O)c1cccc([N+](=O)[O-])c1C. The number of hydrogen-bond donors (Lipinski definition) is 2. The molecule has 1 atom stereocenters. The Bertz CT molecular complexity index is 601. The van der Waals surface area contributed by atoms with Crippen molar-refractivity contribution in [1.82, 2.24) is 4.72 Å². The van der Waals surface area contributed by atoms with Crippen LogP contribution in [-0.4, -0.2) is 31.6 Å². The standard InChI is InChI=1S/C13H20N2O5S/c1-3-11(7-8-16)9-14-21(19,20)13-6-4-5-12(10(13)2)15(17)18/h4-6,11,14,16H,3,7-9H2,1-2H3. The van der Waals surface area contributed by atoms with Crippen LogP contribution in [0.4, 0.5) is 5.69 Å². The van der Waals surface area contributed by atoms with Crippen LogP contribution in [0.1, 0.15) is 25.3 Å². The lowest BCUT2D eigenvalue weighted by molar-refractivity contribution is -0.385. The van der Waals surface area contributed by atoms with Crippen molar-refractivity contribution in [2.24, 2.45) is 5.92 Å². The lowest BCUT2D eigenvalue weighted by Gasteiger charge is -2.15. The van der Waals surface area contributed by atoms with Crippen LogP contribution in [-0.2, 0) is 10.0 Å². The second kappa shape index (κ2) is 7.48. The van der Waals surface area contributed by atoms with Crippen molar-refractivity contribution in [1.29, 1.82) is 0 Å². The van der Waals surface area contributed by atoms with E-state index in [0.717, 1.165) is 6.42 Å². The maximum atomic E-state index is 12.3. The van der Waals surface area contributed by atoms with Gasteiger partial charge in [-0.1, -0.05) is 19.4 Å². The van der Waals surface area contributed by atoms with Gasteiger partial charge in [-0.15, -0.1) is 0 Å². The number of sulfonamides is 1. The van der Waals surface area contributed by atoms with Crippen molar-refractivity contribution in [2.45, 2.75) is 31.6 Å². The van der Waals surface area contributed by atoms with Gasteiger partial charge in [-0.2, -0.15) is 0 Å². The fourth-order valence-electron chi connectivity index (χ4n) is 2.03. The number of rotatable bonds is 8. The smallest absolute Gasteiger partial charge is 0.273 e. The molecule has 1 rings (SSSR count). The molecule has 0 spiro atoms. The van der Waals surface area contributed by atoms with E-state index < -0.39 is 14.9 Å². The molecular formula is C13H20N2O5S. The van der Waals surface area contributed by atoms with E-state index in [0.29, 0.717) is 6.42 Å². The largest absolute Gasteiger partial charge is 0.396 e. The molecule has 0 bridgehead atoms. The number of nitro groups is 1.